The standard InChI is InChI=1S/C26H24Cl2N4O/c27-21-11-18(15-1-3-23-16(9-15)5-7-29-23)12-22(28)20(21)10-17-6-8-32(26(17)33)19-2-4-24-25(13-19)31-14-30-24/h1,3,5,7,9,11-12,14,17,19,29H,2,4,6,8,10,13H2,(H,30,31). The molecule has 168 valence electrons. The van der Waals surface area contributed by atoms with Crippen LogP contribution in [0.25, 0.3) is 22.0 Å². The molecule has 0 saturated carbocycles. The SMILES string of the molecule is O=C1C(Cc2c(Cl)cc(-c3ccc4[nH]ccc4c3)cc2Cl)CCN1C1CCc2nc[nH]c2C1. The van der Waals surface area contributed by atoms with E-state index in [1.807, 2.05) is 24.4 Å². The lowest BCUT2D eigenvalue weighted by atomic mass is 9.94. The van der Waals surface area contributed by atoms with Crippen molar-refractivity contribution in [2.45, 2.75) is 38.1 Å². The van der Waals surface area contributed by atoms with Crippen molar-refractivity contribution in [3.8, 4) is 11.1 Å². The van der Waals surface area contributed by atoms with Crippen LogP contribution < -0.4 is 0 Å². The zero-order chi connectivity index (χ0) is 22.5. The van der Waals surface area contributed by atoms with E-state index in [1.165, 1.54) is 5.69 Å². The van der Waals surface area contributed by atoms with Crippen molar-refractivity contribution in [2.75, 3.05) is 6.54 Å². The fourth-order valence-electron chi connectivity index (χ4n) is 5.41. The molecule has 0 radical (unpaired) electrons. The molecule has 2 aliphatic rings. The van der Waals surface area contributed by atoms with E-state index in [-0.39, 0.29) is 17.9 Å². The Labute approximate surface area is 202 Å². The third kappa shape index (κ3) is 3.73. The Kier molecular flexibility index (Phi) is 5.19. The van der Waals surface area contributed by atoms with Gasteiger partial charge < -0.3 is 14.9 Å². The van der Waals surface area contributed by atoms with Gasteiger partial charge in [-0.15, -0.1) is 0 Å². The molecule has 0 bridgehead atoms. The first-order chi connectivity index (χ1) is 16.1. The number of likely N-dealkylation sites (tertiary alicyclic amines) is 1. The van der Waals surface area contributed by atoms with Crippen molar-refractivity contribution in [1.29, 1.82) is 0 Å². The zero-order valence-corrected chi connectivity index (χ0v) is 19.6. The zero-order valence-electron chi connectivity index (χ0n) is 18.1. The summed E-state index contributed by atoms with van der Waals surface area (Å²) < 4.78 is 0. The molecule has 2 unspecified atom stereocenters. The normalized spacial score (nSPS) is 20.5. The fraction of sp³-hybridized carbons (Fsp3) is 0.308. The number of carbonyl (C=O) groups is 1. The molecule has 0 spiro atoms. The van der Waals surface area contributed by atoms with Crippen molar-refractivity contribution in [3.05, 3.63) is 75.9 Å². The van der Waals surface area contributed by atoms with Crippen molar-refractivity contribution in [3.63, 3.8) is 0 Å². The van der Waals surface area contributed by atoms with Gasteiger partial charge in [-0.05, 0) is 78.1 Å². The van der Waals surface area contributed by atoms with E-state index in [4.69, 9.17) is 23.2 Å². The second-order valence-corrected chi connectivity index (χ2v) is 9.96. The number of hydrogen-bond acceptors (Lipinski definition) is 2. The minimum absolute atomic E-state index is 0.0785. The van der Waals surface area contributed by atoms with Gasteiger partial charge in [-0.3, -0.25) is 4.79 Å². The molecular weight excluding hydrogens is 455 g/mol. The molecule has 2 atom stereocenters. The number of nitrogens with zero attached hydrogens (tertiary/aromatic N) is 2. The van der Waals surface area contributed by atoms with Crippen LogP contribution in [0.5, 0.6) is 0 Å². The summed E-state index contributed by atoms with van der Waals surface area (Å²) in [5.74, 6) is 0.141. The number of amides is 1. The first-order valence-electron chi connectivity index (χ1n) is 11.4. The molecule has 1 fully saturated rings. The summed E-state index contributed by atoms with van der Waals surface area (Å²) >= 11 is 13.4. The number of benzene rings is 2. The summed E-state index contributed by atoms with van der Waals surface area (Å²) in [7, 11) is 0. The fourth-order valence-corrected chi connectivity index (χ4v) is 6.05. The average Bonchev–Trinajstić information content (AvgIpc) is 3.55. The number of nitrogens with one attached hydrogen (secondary N) is 2. The van der Waals surface area contributed by atoms with Gasteiger partial charge in [0.25, 0.3) is 0 Å². The monoisotopic (exact) mass is 478 g/mol. The van der Waals surface area contributed by atoms with Crippen LogP contribution in [-0.4, -0.2) is 38.3 Å². The number of rotatable bonds is 4. The summed E-state index contributed by atoms with van der Waals surface area (Å²) in [6.07, 6.45) is 7.85. The smallest absolute Gasteiger partial charge is 0.226 e. The highest BCUT2D eigenvalue weighted by Crippen LogP contribution is 2.37. The Hall–Kier alpha value is -2.76. The minimum Gasteiger partial charge on any atom is -0.361 e. The molecule has 2 aromatic carbocycles. The first-order valence-corrected chi connectivity index (χ1v) is 12.2. The molecule has 33 heavy (non-hydrogen) atoms. The predicted molar refractivity (Wildman–Crippen MR) is 132 cm³/mol. The van der Waals surface area contributed by atoms with E-state index in [9.17, 15) is 4.79 Å². The molecule has 4 aromatic rings. The number of carbonyl (C=O) groups excluding carboxylic acids is 1. The molecule has 1 aliphatic heterocycles. The second kappa shape index (κ2) is 8.23. The molecule has 1 saturated heterocycles. The number of aromatic nitrogens is 3. The van der Waals surface area contributed by atoms with Crippen LogP contribution in [0.15, 0.2) is 48.9 Å². The lowest BCUT2D eigenvalue weighted by Gasteiger charge is -2.31. The summed E-state index contributed by atoms with van der Waals surface area (Å²) in [6, 6.07) is 12.5. The topological polar surface area (TPSA) is 64.8 Å². The van der Waals surface area contributed by atoms with Gasteiger partial charge in [-0.25, -0.2) is 4.98 Å². The second-order valence-electron chi connectivity index (χ2n) is 9.14. The maximum Gasteiger partial charge on any atom is 0.226 e. The number of fused-ring (bicyclic) bond motifs is 2. The van der Waals surface area contributed by atoms with Crippen molar-refractivity contribution >= 4 is 40.0 Å². The number of hydrogen-bond donors (Lipinski definition) is 2. The van der Waals surface area contributed by atoms with Crippen LogP contribution in [0.3, 0.4) is 0 Å². The van der Waals surface area contributed by atoms with E-state index in [1.54, 1.807) is 6.33 Å². The van der Waals surface area contributed by atoms with Crippen molar-refractivity contribution in [1.82, 2.24) is 19.9 Å². The Morgan fingerprint density at radius 1 is 1.03 bits per heavy atom. The van der Waals surface area contributed by atoms with Gasteiger partial charge in [-0.2, -0.15) is 0 Å². The summed E-state index contributed by atoms with van der Waals surface area (Å²) in [4.78, 5) is 26.2. The van der Waals surface area contributed by atoms with Crippen LogP contribution in [0.1, 0.15) is 29.8 Å². The number of imidazole rings is 1. The van der Waals surface area contributed by atoms with Gasteiger partial charge in [-0.1, -0.05) is 29.3 Å². The minimum atomic E-state index is -0.0785. The number of aryl methyl sites for hydroxylation is 1. The van der Waals surface area contributed by atoms with E-state index < -0.39 is 0 Å². The lowest BCUT2D eigenvalue weighted by molar-refractivity contribution is -0.133. The molecule has 2 N–H and O–H groups in total. The van der Waals surface area contributed by atoms with Gasteiger partial charge >= 0.3 is 0 Å². The predicted octanol–water partition coefficient (Wildman–Crippen LogP) is 5.81. The van der Waals surface area contributed by atoms with Crippen LogP contribution in [0.2, 0.25) is 10.0 Å². The van der Waals surface area contributed by atoms with Crippen LogP contribution in [-0.2, 0) is 24.1 Å². The van der Waals surface area contributed by atoms with E-state index in [2.05, 4.69) is 38.1 Å². The lowest BCUT2D eigenvalue weighted by Crippen LogP contribution is -2.41. The summed E-state index contributed by atoms with van der Waals surface area (Å²) in [5.41, 5.74) is 6.32. The molecular formula is C26H24Cl2N4O. The van der Waals surface area contributed by atoms with Gasteiger partial charge in [0.05, 0.1) is 12.0 Å². The molecule has 5 nitrogen and oxygen atoms in total. The molecule has 2 aromatic heterocycles. The molecule has 1 amide bonds. The first kappa shape index (κ1) is 20.8. The van der Waals surface area contributed by atoms with Crippen molar-refractivity contribution < 1.29 is 4.79 Å². The number of aromatic amines is 2. The van der Waals surface area contributed by atoms with Crippen LogP contribution in [0.4, 0.5) is 0 Å². The van der Waals surface area contributed by atoms with E-state index in [0.717, 1.165) is 65.5 Å². The molecule has 6 rings (SSSR count). The largest absolute Gasteiger partial charge is 0.361 e. The summed E-state index contributed by atoms with van der Waals surface area (Å²) in [5, 5.41) is 2.39. The van der Waals surface area contributed by atoms with E-state index >= 15 is 0 Å². The van der Waals surface area contributed by atoms with E-state index in [0.29, 0.717) is 16.5 Å². The molecule has 3 heterocycles. The highest BCUT2D eigenvalue weighted by atomic mass is 35.5. The maximum absolute atomic E-state index is 13.3. The quantitative estimate of drug-likeness (QED) is 0.388. The number of H-pyrrole nitrogens is 2. The maximum atomic E-state index is 13.3. The van der Waals surface area contributed by atoms with Gasteiger partial charge in [0, 0.05) is 52.4 Å². The molecule has 7 heteroatoms. The van der Waals surface area contributed by atoms with Crippen molar-refractivity contribution in [2.24, 2.45) is 5.92 Å². The number of halogens is 2. The molecule has 1 aliphatic carbocycles. The highest BCUT2D eigenvalue weighted by molar-refractivity contribution is 6.36. The Morgan fingerprint density at radius 2 is 1.88 bits per heavy atom. The Morgan fingerprint density at radius 3 is 2.73 bits per heavy atom. The van der Waals surface area contributed by atoms with Gasteiger partial charge in [0.15, 0.2) is 0 Å². The van der Waals surface area contributed by atoms with Crippen LogP contribution in [0, 0.1) is 5.92 Å². The van der Waals surface area contributed by atoms with Gasteiger partial charge in [0.1, 0.15) is 0 Å². The third-order valence-corrected chi connectivity index (χ3v) is 7.91. The Bertz CT molecular complexity index is 1330. The third-order valence-electron chi connectivity index (χ3n) is 7.23. The van der Waals surface area contributed by atoms with Gasteiger partial charge in [0.2, 0.25) is 5.91 Å². The van der Waals surface area contributed by atoms with Crippen LogP contribution >= 0.6 is 23.2 Å². The Balaban J connectivity index is 1.20. The average molecular weight is 479 g/mol. The highest BCUT2D eigenvalue weighted by Gasteiger charge is 2.38. The summed E-state index contributed by atoms with van der Waals surface area (Å²) in [6.45, 7) is 0.793.